The topological polar surface area (TPSA) is 26.3 Å². The number of rotatable bonds is 2. The van der Waals surface area contributed by atoms with Crippen LogP contribution in [-0.2, 0) is 6.42 Å². The van der Waals surface area contributed by atoms with Gasteiger partial charge >= 0.3 is 0 Å². The van der Waals surface area contributed by atoms with Crippen molar-refractivity contribution in [3.8, 4) is 5.75 Å². The van der Waals surface area contributed by atoms with Crippen LogP contribution in [0.15, 0.2) is 36.4 Å². The number of halogens is 2. The average Bonchev–Trinajstić information content (AvgIpc) is 2.73. The van der Waals surface area contributed by atoms with E-state index in [0.717, 1.165) is 18.4 Å². The van der Waals surface area contributed by atoms with Crippen LogP contribution in [0.5, 0.6) is 5.75 Å². The molecule has 3 rings (SSSR count). The van der Waals surface area contributed by atoms with Crippen LogP contribution in [0.3, 0.4) is 0 Å². The molecule has 2 aromatic rings. The second-order valence-corrected chi connectivity index (χ2v) is 5.09. The largest absolute Gasteiger partial charge is 0.490 e. The predicted octanol–water partition coefficient (Wildman–Crippen LogP) is 3.91. The Morgan fingerprint density at radius 2 is 1.76 bits per heavy atom. The minimum Gasteiger partial charge on any atom is -0.490 e. The fraction of sp³-hybridized carbons (Fsp3) is 0.235. The third-order valence-corrected chi connectivity index (χ3v) is 3.58. The zero-order chi connectivity index (χ0) is 14.8. The molecule has 4 heteroatoms. The first kappa shape index (κ1) is 13.7. The smallest absolute Gasteiger partial charge is 0.193 e. The Bertz CT molecular complexity index is 678. The monoisotopic (exact) mass is 288 g/mol. The molecule has 0 saturated carbocycles. The molecule has 0 fully saturated rings. The summed E-state index contributed by atoms with van der Waals surface area (Å²) in [6, 6.07) is 8.10. The number of ketones is 1. The van der Waals surface area contributed by atoms with Crippen LogP contribution in [0.4, 0.5) is 8.78 Å². The van der Waals surface area contributed by atoms with Gasteiger partial charge in [0.15, 0.2) is 17.3 Å². The first-order valence-electron chi connectivity index (χ1n) is 6.90. The summed E-state index contributed by atoms with van der Waals surface area (Å²) in [6.07, 6.45) is 2.47. The summed E-state index contributed by atoms with van der Waals surface area (Å²) in [5, 5.41) is 0. The van der Waals surface area contributed by atoms with Crippen LogP contribution in [0.2, 0.25) is 0 Å². The fourth-order valence-corrected chi connectivity index (χ4v) is 2.49. The van der Waals surface area contributed by atoms with E-state index < -0.39 is 11.6 Å². The van der Waals surface area contributed by atoms with Crippen molar-refractivity contribution < 1.29 is 18.3 Å². The molecule has 0 unspecified atom stereocenters. The number of aryl methyl sites for hydroxylation is 1. The summed E-state index contributed by atoms with van der Waals surface area (Å²) in [5.74, 6) is -0.989. The minimum atomic E-state index is -0.514. The van der Waals surface area contributed by atoms with Crippen molar-refractivity contribution in [2.75, 3.05) is 6.61 Å². The highest BCUT2D eigenvalue weighted by atomic mass is 19.1. The Balaban J connectivity index is 1.99. The molecule has 0 radical (unpaired) electrons. The van der Waals surface area contributed by atoms with Gasteiger partial charge in [-0.2, -0.15) is 0 Å². The summed E-state index contributed by atoms with van der Waals surface area (Å²) in [5.41, 5.74) is 1.33. The predicted molar refractivity (Wildman–Crippen MR) is 74.7 cm³/mol. The summed E-state index contributed by atoms with van der Waals surface area (Å²) in [4.78, 5) is 12.4. The Hall–Kier alpha value is -2.23. The Kier molecular flexibility index (Phi) is 3.69. The molecule has 0 bridgehead atoms. The zero-order valence-corrected chi connectivity index (χ0v) is 11.4. The first-order chi connectivity index (χ1) is 10.1. The van der Waals surface area contributed by atoms with Gasteiger partial charge in [-0.25, -0.2) is 8.78 Å². The first-order valence-corrected chi connectivity index (χ1v) is 6.90. The normalized spacial score (nSPS) is 14.0. The highest BCUT2D eigenvalue weighted by molar-refractivity contribution is 6.09. The van der Waals surface area contributed by atoms with Crippen molar-refractivity contribution in [1.82, 2.24) is 0 Å². The maximum Gasteiger partial charge on any atom is 0.193 e. The quantitative estimate of drug-likeness (QED) is 0.783. The van der Waals surface area contributed by atoms with Gasteiger partial charge in [0.05, 0.1) is 6.61 Å². The second kappa shape index (κ2) is 5.64. The summed E-state index contributed by atoms with van der Waals surface area (Å²) < 4.78 is 32.4. The molecular weight excluding hydrogens is 274 g/mol. The maximum atomic E-state index is 14.1. The fourth-order valence-electron chi connectivity index (χ4n) is 2.49. The molecule has 1 aliphatic rings. The average molecular weight is 288 g/mol. The lowest BCUT2D eigenvalue weighted by atomic mass is 9.98. The summed E-state index contributed by atoms with van der Waals surface area (Å²) in [6.45, 7) is 0.495. The third-order valence-electron chi connectivity index (χ3n) is 3.58. The molecule has 0 saturated heterocycles. The molecule has 0 spiro atoms. The van der Waals surface area contributed by atoms with E-state index in [1.807, 2.05) is 0 Å². The summed E-state index contributed by atoms with van der Waals surface area (Å²) >= 11 is 0. The zero-order valence-electron chi connectivity index (χ0n) is 11.4. The molecule has 2 nitrogen and oxygen atoms in total. The Labute approximate surface area is 121 Å². The lowest BCUT2D eigenvalue weighted by molar-refractivity contribution is 0.103. The number of hydrogen-bond donors (Lipinski definition) is 0. The number of benzene rings is 2. The molecule has 0 aromatic heterocycles. The molecule has 2 aromatic carbocycles. The molecule has 1 aliphatic heterocycles. The van der Waals surface area contributed by atoms with Crippen molar-refractivity contribution in [1.29, 1.82) is 0 Å². The van der Waals surface area contributed by atoms with Gasteiger partial charge in [-0.05, 0) is 61.2 Å². The van der Waals surface area contributed by atoms with E-state index in [-0.39, 0.29) is 17.1 Å². The number of carbonyl (C=O) groups is 1. The van der Waals surface area contributed by atoms with Gasteiger partial charge in [-0.15, -0.1) is 0 Å². The second-order valence-electron chi connectivity index (χ2n) is 5.09. The summed E-state index contributed by atoms with van der Waals surface area (Å²) in [7, 11) is 0. The van der Waals surface area contributed by atoms with Crippen molar-refractivity contribution in [2.24, 2.45) is 0 Å². The van der Waals surface area contributed by atoms with Crippen molar-refractivity contribution >= 4 is 5.78 Å². The molecule has 0 N–H and O–H groups in total. The van der Waals surface area contributed by atoms with E-state index in [1.54, 1.807) is 6.07 Å². The van der Waals surface area contributed by atoms with E-state index in [1.165, 1.54) is 30.3 Å². The van der Waals surface area contributed by atoms with Crippen LogP contribution in [0, 0.1) is 11.6 Å². The van der Waals surface area contributed by atoms with Gasteiger partial charge in [0.2, 0.25) is 0 Å². The highest BCUT2D eigenvalue weighted by Crippen LogP contribution is 2.29. The molecular formula is C17H14F2O2. The number of hydrogen-bond acceptors (Lipinski definition) is 2. The van der Waals surface area contributed by atoms with Gasteiger partial charge in [0.25, 0.3) is 0 Å². The van der Waals surface area contributed by atoms with Crippen LogP contribution < -0.4 is 4.74 Å². The SMILES string of the molecule is O=C(c1ccc(F)cc1)c1cc(F)c2c(c1)CCCCO2. The number of carbonyl (C=O) groups excluding carboxylic acids is 1. The Morgan fingerprint density at radius 3 is 2.52 bits per heavy atom. The van der Waals surface area contributed by atoms with Crippen LogP contribution >= 0.6 is 0 Å². The molecule has 1 heterocycles. The molecule has 0 atom stereocenters. The van der Waals surface area contributed by atoms with E-state index in [0.29, 0.717) is 18.6 Å². The van der Waals surface area contributed by atoms with Gasteiger partial charge in [-0.3, -0.25) is 4.79 Å². The lowest BCUT2D eigenvalue weighted by Crippen LogP contribution is -2.05. The van der Waals surface area contributed by atoms with Crippen molar-refractivity contribution in [2.45, 2.75) is 19.3 Å². The van der Waals surface area contributed by atoms with Crippen LogP contribution in [0.25, 0.3) is 0 Å². The van der Waals surface area contributed by atoms with Crippen LogP contribution in [0.1, 0.15) is 34.3 Å². The molecule has 0 aliphatic carbocycles. The molecule has 0 amide bonds. The van der Waals surface area contributed by atoms with Crippen LogP contribution in [-0.4, -0.2) is 12.4 Å². The van der Waals surface area contributed by atoms with Gasteiger partial charge in [-0.1, -0.05) is 0 Å². The lowest BCUT2D eigenvalue weighted by Gasteiger charge is -2.10. The third kappa shape index (κ3) is 2.79. The van der Waals surface area contributed by atoms with Crippen molar-refractivity contribution in [3.63, 3.8) is 0 Å². The maximum absolute atomic E-state index is 14.1. The Morgan fingerprint density at radius 1 is 1.00 bits per heavy atom. The van der Waals surface area contributed by atoms with E-state index in [2.05, 4.69) is 0 Å². The number of ether oxygens (including phenoxy) is 1. The number of fused-ring (bicyclic) bond motifs is 1. The van der Waals surface area contributed by atoms with Crippen molar-refractivity contribution in [3.05, 3.63) is 64.7 Å². The highest BCUT2D eigenvalue weighted by Gasteiger charge is 2.18. The van der Waals surface area contributed by atoms with Gasteiger partial charge in [0.1, 0.15) is 5.82 Å². The van der Waals surface area contributed by atoms with E-state index in [4.69, 9.17) is 4.74 Å². The standard InChI is InChI=1S/C17H14F2O2/c18-14-6-4-11(5-7-14)16(20)13-9-12-3-1-2-8-21-17(12)15(19)10-13/h4-7,9-10H,1-3,8H2. The minimum absolute atomic E-state index is 0.253. The van der Waals surface area contributed by atoms with Gasteiger partial charge in [0, 0.05) is 11.1 Å². The van der Waals surface area contributed by atoms with Gasteiger partial charge < -0.3 is 4.74 Å². The molecule has 21 heavy (non-hydrogen) atoms. The molecule has 108 valence electrons. The van der Waals surface area contributed by atoms with E-state index >= 15 is 0 Å². The van der Waals surface area contributed by atoms with E-state index in [9.17, 15) is 13.6 Å².